The minimum absolute atomic E-state index is 0.143. The van der Waals surface area contributed by atoms with Gasteiger partial charge in [0, 0.05) is 18.7 Å². The van der Waals surface area contributed by atoms with E-state index in [1.54, 1.807) is 31.2 Å². The monoisotopic (exact) mass is 207 g/mol. The molecule has 0 aliphatic carbocycles. The molecule has 80 valence electrons. The molecule has 0 bridgehead atoms. The largest absolute Gasteiger partial charge is 0.488 e. The molecule has 1 aromatic rings. The van der Waals surface area contributed by atoms with E-state index in [-0.39, 0.29) is 5.78 Å². The minimum atomic E-state index is -1.43. The first-order valence-corrected chi connectivity index (χ1v) is 4.79. The summed E-state index contributed by atoms with van der Waals surface area (Å²) in [5.74, 6) is 0.143. The van der Waals surface area contributed by atoms with Gasteiger partial charge in [-0.05, 0) is 24.5 Å². The van der Waals surface area contributed by atoms with Crippen LogP contribution >= 0.6 is 0 Å². The van der Waals surface area contributed by atoms with Crippen molar-refractivity contribution in [2.45, 2.75) is 13.3 Å². The van der Waals surface area contributed by atoms with Crippen LogP contribution in [0.15, 0.2) is 24.3 Å². The Morgan fingerprint density at radius 3 is 2.40 bits per heavy atom. The number of rotatable bonds is 5. The Morgan fingerprint density at radius 1 is 1.33 bits per heavy atom. The summed E-state index contributed by atoms with van der Waals surface area (Å²) in [4.78, 5) is 10.7. The number of carbonyl (C=O) groups excluding carboxylic acids is 1. The fourth-order valence-corrected chi connectivity index (χ4v) is 1.16. The summed E-state index contributed by atoms with van der Waals surface area (Å²) in [5.41, 5.74) is 1.31. The molecule has 0 amide bonds. The summed E-state index contributed by atoms with van der Waals surface area (Å²) < 4.78 is 0. The van der Waals surface area contributed by atoms with Gasteiger partial charge in [-0.15, -0.1) is 0 Å². The smallest absolute Gasteiger partial charge is 0.423 e. The molecule has 0 unspecified atom stereocenters. The number of Topliss-reactive ketones (excluding diaryl/α,β-unsaturated/α-hetero) is 1. The van der Waals surface area contributed by atoms with E-state index in [9.17, 15) is 4.79 Å². The standard InChI is InChI=1S/C10H14BNO3/c1-8(13)6-7-12-10-4-2-9(3-5-10)11(14)15/h2-5,12,14-15H,6-7H2,1H3. The van der Waals surface area contributed by atoms with Crippen LogP contribution in [0.4, 0.5) is 5.69 Å². The second-order valence-corrected chi connectivity index (χ2v) is 3.37. The number of nitrogens with one attached hydrogen (secondary N) is 1. The average molecular weight is 207 g/mol. The highest BCUT2D eigenvalue weighted by atomic mass is 16.4. The van der Waals surface area contributed by atoms with Gasteiger partial charge in [0.25, 0.3) is 0 Å². The van der Waals surface area contributed by atoms with Gasteiger partial charge in [-0.3, -0.25) is 4.79 Å². The molecule has 1 rings (SSSR count). The SMILES string of the molecule is CC(=O)CCNc1ccc(B(O)O)cc1. The summed E-state index contributed by atoms with van der Waals surface area (Å²) in [6.07, 6.45) is 0.490. The van der Waals surface area contributed by atoms with Gasteiger partial charge in [-0.2, -0.15) is 0 Å². The fraction of sp³-hybridized carbons (Fsp3) is 0.300. The summed E-state index contributed by atoms with van der Waals surface area (Å²) in [7, 11) is -1.43. The van der Waals surface area contributed by atoms with Gasteiger partial charge in [-0.25, -0.2) is 0 Å². The Morgan fingerprint density at radius 2 is 1.93 bits per heavy atom. The molecule has 0 saturated carbocycles. The third-order valence-electron chi connectivity index (χ3n) is 2.02. The first-order valence-electron chi connectivity index (χ1n) is 4.79. The van der Waals surface area contributed by atoms with E-state index in [2.05, 4.69) is 5.32 Å². The fourth-order valence-electron chi connectivity index (χ4n) is 1.16. The van der Waals surface area contributed by atoms with Crippen LogP contribution in [-0.4, -0.2) is 29.5 Å². The summed E-state index contributed by atoms with van der Waals surface area (Å²) in [6.45, 7) is 2.14. The van der Waals surface area contributed by atoms with Crippen LogP contribution in [0.1, 0.15) is 13.3 Å². The Kier molecular flexibility index (Phi) is 4.33. The lowest BCUT2D eigenvalue weighted by atomic mass is 9.80. The first kappa shape index (κ1) is 11.7. The van der Waals surface area contributed by atoms with E-state index in [1.165, 1.54) is 0 Å². The number of carbonyl (C=O) groups is 1. The molecule has 4 nitrogen and oxygen atoms in total. The number of hydrogen-bond donors (Lipinski definition) is 3. The quantitative estimate of drug-likeness (QED) is 0.582. The van der Waals surface area contributed by atoms with Crippen LogP contribution in [-0.2, 0) is 4.79 Å². The third kappa shape index (κ3) is 4.14. The topological polar surface area (TPSA) is 69.6 Å². The van der Waals surface area contributed by atoms with Gasteiger partial charge < -0.3 is 15.4 Å². The molecular weight excluding hydrogens is 193 g/mol. The zero-order valence-corrected chi connectivity index (χ0v) is 8.60. The van der Waals surface area contributed by atoms with Gasteiger partial charge in [-0.1, -0.05) is 12.1 Å². The molecule has 3 N–H and O–H groups in total. The molecule has 0 heterocycles. The van der Waals surface area contributed by atoms with E-state index >= 15 is 0 Å². The lowest BCUT2D eigenvalue weighted by Crippen LogP contribution is -2.29. The Hall–Kier alpha value is -1.33. The van der Waals surface area contributed by atoms with Crippen molar-refractivity contribution < 1.29 is 14.8 Å². The van der Waals surface area contributed by atoms with Crippen LogP contribution in [0.2, 0.25) is 0 Å². The number of anilines is 1. The van der Waals surface area contributed by atoms with Crippen LogP contribution < -0.4 is 10.8 Å². The lowest BCUT2D eigenvalue weighted by Gasteiger charge is -2.05. The molecule has 0 aliphatic rings. The number of ketones is 1. The van der Waals surface area contributed by atoms with Crippen LogP contribution in [0.5, 0.6) is 0 Å². The maximum absolute atomic E-state index is 10.7. The zero-order valence-electron chi connectivity index (χ0n) is 8.60. The zero-order chi connectivity index (χ0) is 11.3. The van der Waals surface area contributed by atoms with Gasteiger partial charge in [0.1, 0.15) is 5.78 Å². The number of benzene rings is 1. The van der Waals surface area contributed by atoms with E-state index in [4.69, 9.17) is 10.0 Å². The molecule has 0 aromatic heterocycles. The molecular formula is C10H14BNO3. The van der Waals surface area contributed by atoms with Crippen LogP contribution in [0.3, 0.4) is 0 Å². The Bertz CT molecular complexity index is 324. The van der Waals surface area contributed by atoms with Gasteiger partial charge in [0.15, 0.2) is 0 Å². The second-order valence-electron chi connectivity index (χ2n) is 3.37. The van der Waals surface area contributed by atoms with Crippen molar-refractivity contribution in [3.63, 3.8) is 0 Å². The average Bonchev–Trinajstić information content (AvgIpc) is 2.18. The van der Waals surface area contributed by atoms with Gasteiger partial charge >= 0.3 is 7.12 Å². The van der Waals surface area contributed by atoms with Crippen molar-refractivity contribution in [3.05, 3.63) is 24.3 Å². The predicted octanol–water partition coefficient (Wildman–Crippen LogP) is -0.243. The molecule has 0 spiro atoms. The highest BCUT2D eigenvalue weighted by Gasteiger charge is 2.09. The van der Waals surface area contributed by atoms with Crippen molar-refractivity contribution in [1.82, 2.24) is 0 Å². The molecule has 5 heteroatoms. The summed E-state index contributed by atoms with van der Waals surface area (Å²) >= 11 is 0. The molecule has 0 saturated heterocycles. The first-order chi connectivity index (χ1) is 7.09. The summed E-state index contributed by atoms with van der Waals surface area (Å²) in [5, 5.41) is 20.8. The molecule has 0 radical (unpaired) electrons. The molecule has 0 aliphatic heterocycles. The normalized spacial score (nSPS) is 9.80. The van der Waals surface area contributed by atoms with E-state index in [0.717, 1.165) is 5.69 Å². The second kappa shape index (κ2) is 5.53. The van der Waals surface area contributed by atoms with Gasteiger partial charge in [0.2, 0.25) is 0 Å². The van der Waals surface area contributed by atoms with E-state index in [0.29, 0.717) is 18.4 Å². The predicted molar refractivity (Wildman–Crippen MR) is 60.1 cm³/mol. The maximum atomic E-state index is 10.7. The summed E-state index contributed by atoms with van der Waals surface area (Å²) in [6, 6.07) is 6.74. The number of hydrogen-bond acceptors (Lipinski definition) is 4. The molecule has 0 atom stereocenters. The van der Waals surface area contributed by atoms with Crippen molar-refractivity contribution in [2.75, 3.05) is 11.9 Å². The Balaban J connectivity index is 2.46. The Labute approximate surface area is 89.1 Å². The van der Waals surface area contributed by atoms with Crippen LogP contribution in [0.25, 0.3) is 0 Å². The van der Waals surface area contributed by atoms with Crippen LogP contribution in [0, 0.1) is 0 Å². The molecule has 0 fully saturated rings. The van der Waals surface area contributed by atoms with E-state index in [1.807, 2.05) is 0 Å². The van der Waals surface area contributed by atoms with Crippen molar-refractivity contribution in [1.29, 1.82) is 0 Å². The molecule has 1 aromatic carbocycles. The van der Waals surface area contributed by atoms with Gasteiger partial charge in [0.05, 0.1) is 0 Å². The lowest BCUT2D eigenvalue weighted by molar-refractivity contribution is -0.116. The highest BCUT2D eigenvalue weighted by Crippen LogP contribution is 2.03. The maximum Gasteiger partial charge on any atom is 0.488 e. The molecule has 15 heavy (non-hydrogen) atoms. The third-order valence-corrected chi connectivity index (χ3v) is 2.02. The minimum Gasteiger partial charge on any atom is -0.423 e. The van der Waals surface area contributed by atoms with Crippen molar-refractivity contribution in [2.24, 2.45) is 0 Å². The van der Waals surface area contributed by atoms with Crippen molar-refractivity contribution in [3.8, 4) is 0 Å². The van der Waals surface area contributed by atoms with Crippen molar-refractivity contribution >= 4 is 24.1 Å². The van der Waals surface area contributed by atoms with E-state index < -0.39 is 7.12 Å². The highest BCUT2D eigenvalue weighted by molar-refractivity contribution is 6.58.